The summed E-state index contributed by atoms with van der Waals surface area (Å²) in [6.45, 7) is 1.89. The van der Waals surface area contributed by atoms with Crippen molar-refractivity contribution in [3.8, 4) is 16.9 Å². The van der Waals surface area contributed by atoms with Gasteiger partial charge in [-0.2, -0.15) is 5.10 Å². The molecule has 0 aliphatic carbocycles. The molecule has 0 fully saturated rings. The van der Waals surface area contributed by atoms with E-state index in [2.05, 4.69) is 5.10 Å². The first-order valence-electron chi connectivity index (χ1n) is 6.99. The van der Waals surface area contributed by atoms with Crippen molar-refractivity contribution in [1.82, 2.24) is 9.78 Å². The molecule has 3 rings (SSSR count). The largest absolute Gasteiger partial charge is 0.465 e. The van der Waals surface area contributed by atoms with Gasteiger partial charge in [-0.1, -0.05) is 36.4 Å². The number of aryl methyl sites for hydroxylation is 1. The van der Waals surface area contributed by atoms with E-state index < -0.39 is 0 Å². The highest BCUT2D eigenvalue weighted by Crippen LogP contribution is 2.23. The van der Waals surface area contributed by atoms with Crippen LogP contribution in [-0.4, -0.2) is 22.9 Å². The first-order valence-corrected chi connectivity index (χ1v) is 6.99. The first-order chi connectivity index (χ1) is 10.7. The van der Waals surface area contributed by atoms with Crippen LogP contribution in [0.3, 0.4) is 0 Å². The molecule has 0 spiro atoms. The molecule has 110 valence electrons. The zero-order chi connectivity index (χ0) is 15.5. The lowest BCUT2D eigenvalue weighted by atomic mass is 10.1. The van der Waals surface area contributed by atoms with E-state index in [0.717, 1.165) is 22.5 Å². The molecule has 2 aromatic carbocycles. The number of rotatable bonds is 3. The van der Waals surface area contributed by atoms with Crippen LogP contribution >= 0.6 is 0 Å². The summed E-state index contributed by atoms with van der Waals surface area (Å²) in [6, 6.07) is 17.6. The van der Waals surface area contributed by atoms with Gasteiger partial charge in [0.05, 0.1) is 30.3 Å². The third-order valence-electron chi connectivity index (χ3n) is 3.58. The van der Waals surface area contributed by atoms with Gasteiger partial charge >= 0.3 is 5.97 Å². The van der Waals surface area contributed by atoms with E-state index in [9.17, 15) is 4.79 Å². The van der Waals surface area contributed by atoms with Gasteiger partial charge in [0.1, 0.15) is 0 Å². The molecule has 1 heterocycles. The Kier molecular flexibility index (Phi) is 3.74. The molecule has 3 aromatic rings. The Morgan fingerprint density at radius 3 is 2.59 bits per heavy atom. The summed E-state index contributed by atoms with van der Waals surface area (Å²) in [5.74, 6) is -0.340. The first kappa shape index (κ1) is 14.1. The molecular weight excluding hydrogens is 276 g/mol. The van der Waals surface area contributed by atoms with Crippen molar-refractivity contribution in [3.05, 3.63) is 71.9 Å². The molecule has 0 N–H and O–H groups in total. The average molecular weight is 292 g/mol. The van der Waals surface area contributed by atoms with Crippen molar-refractivity contribution < 1.29 is 9.53 Å². The Morgan fingerprint density at radius 2 is 1.86 bits per heavy atom. The van der Waals surface area contributed by atoms with Crippen molar-refractivity contribution in [2.45, 2.75) is 6.92 Å². The Morgan fingerprint density at radius 1 is 1.09 bits per heavy atom. The molecule has 0 unspecified atom stereocenters. The van der Waals surface area contributed by atoms with E-state index in [1.807, 2.05) is 60.1 Å². The summed E-state index contributed by atoms with van der Waals surface area (Å²) in [7, 11) is 1.39. The highest BCUT2D eigenvalue weighted by Gasteiger charge is 2.13. The summed E-state index contributed by atoms with van der Waals surface area (Å²) in [6.07, 6.45) is 1.75. The fourth-order valence-electron chi connectivity index (χ4n) is 2.41. The predicted molar refractivity (Wildman–Crippen MR) is 85.1 cm³/mol. The molecule has 0 bridgehead atoms. The second-order valence-electron chi connectivity index (χ2n) is 4.99. The van der Waals surface area contributed by atoms with Crippen LogP contribution in [0.15, 0.2) is 60.8 Å². The van der Waals surface area contributed by atoms with Gasteiger partial charge in [0.2, 0.25) is 0 Å². The number of aromatic nitrogens is 2. The van der Waals surface area contributed by atoms with Crippen molar-refractivity contribution >= 4 is 5.97 Å². The number of methoxy groups -OCH3 is 1. The van der Waals surface area contributed by atoms with Crippen molar-refractivity contribution in [3.63, 3.8) is 0 Å². The van der Waals surface area contributed by atoms with Gasteiger partial charge < -0.3 is 4.74 Å². The molecule has 0 amide bonds. The van der Waals surface area contributed by atoms with Crippen LogP contribution < -0.4 is 0 Å². The van der Waals surface area contributed by atoms with Crippen LogP contribution in [0.4, 0.5) is 0 Å². The van der Waals surface area contributed by atoms with E-state index >= 15 is 0 Å². The van der Waals surface area contributed by atoms with E-state index in [1.54, 1.807) is 12.3 Å². The quantitative estimate of drug-likeness (QED) is 0.692. The zero-order valence-corrected chi connectivity index (χ0v) is 12.5. The molecule has 0 radical (unpaired) electrons. The molecule has 0 aliphatic rings. The van der Waals surface area contributed by atoms with Crippen LogP contribution in [-0.2, 0) is 4.74 Å². The number of benzene rings is 2. The molecule has 1 aromatic heterocycles. The third kappa shape index (κ3) is 2.51. The maximum Gasteiger partial charge on any atom is 0.338 e. The van der Waals surface area contributed by atoms with Crippen LogP contribution in [0.2, 0.25) is 0 Å². The summed E-state index contributed by atoms with van der Waals surface area (Å²) >= 11 is 0. The van der Waals surface area contributed by atoms with Crippen LogP contribution in [0.25, 0.3) is 16.9 Å². The highest BCUT2D eigenvalue weighted by atomic mass is 16.5. The summed E-state index contributed by atoms with van der Waals surface area (Å²) in [4.78, 5) is 11.9. The minimum atomic E-state index is -0.340. The van der Waals surface area contributed by atoms with E-state index in [1.165, 1.54) is 7.11 Å². The second kappa shape index (κ2) is 5.85. The monoisotopic (exact) mass is 292 g/mol. The van der Waals surface area contributed by atoms with E-state index in [4.69, 9.17) is 4.74 Å². The number of esters is 1. The van der Waals surface area contributed by atoms with Gasteiger partial charge in [0.25, 0.3) is 0 Å². The molecule has 0 saturated carbocycles. The summed E-state index contributed by atoms with van der Waals surface area (Å²) in [5.41, 5.74) is 4.30. The number of carbonyl (C=O) groups excluding carboxylic acids is 1. The topological polar surface area (TPSA) is 44.1 Å². The minimum absolute atomic E-state index is 0.340. The number of hydrogen-bond donors (Lipinski definition) is 0. The predicted octanol–water partition coefficient (Wildman–Crippen LogP) is 3.63. The maximum atomic E-state index is 11.9. The van der Waals surface area contributed by atoms with Gasteiger partial charge in [-0.05, 0) is 30.7 Å². The Balaban J connectivity index is 2.10. The number of carbonyl (C=O) groups is 1. The standard InChI is InChI=1S/C18H16N2O2/c1-13-8-9-15(12-16(13)18(21)22-2)20-17(10-11-19-20)14-6-4-3-5-7-14/h3-12H,1-2H3. The minimum Gasteiger partial charge on any atom is -0.465 e. The normalized spacial score (nSPS) is 10.5. The summed E-state index contributed by atoms with van der Waals surface area (Å²) in [5, 5.41) is 4.38. The fourth-order valence-corrected chi connectivity index (χ4v) is 2.41. The van der Waals surface area contributed by atoms with Gasteiger partial charge in [-0.15, -0.1) is 0 Å². The highest BCUT2D eigenvalue weighted by molar-refractivity contribution is 5.91. The van der Waals surface area contributed by atoms with E-state index in [-0.39, 0.29) is 5.97 Å². The lowest BCUT2D eigenvalue weighted by molar-refractivity contribution is 0.0600. The molecule has 4 nitrogen and oxygen atoms in total. The summed E-state index contributed by atoms with van der Waals surface area (Å²) < 4.78 is 6.66. The molecule has 4 heteroatoms. The molecule has 0 aliphatic heterocycles. The smallest absolute Gasteiger partial charge is 0.338 e. The Labute approximate surface area is 129 Å². The molecule has 0 saturated heterocycles. The second-order valence-corrected chi connectivity index (χ2v) is 4.99. The van der Waals surface area contributed by atoms with Gasteiger partial charge in [0.15, 0.2) is 0 Å². The Hall–Kier alpha value is -2.88. The van der Waals surface area contributed by atoms with Gasteiger partial charge in [-0.3, -0.25) is 0 Å². The molecule has 0 atom stereocenters. The van der Waals surface area contributed by atoms with Crippen molar-refractivity contribution in [2.75, 3.05) is 7.11 Å². The maximum absolute atomic E-state index is 11.9. The number of hydrogen-bond acceptors (Lipinski definition) is 3. The lowest BCUT2D eigenvalue weighted by Gasteiger charge is -2.10. The Bertz CT molecular complexity index is 807. The lowest BCUT2D eigenvalue weighted by Crippen LogP contribution is -2.06. The fraction of sp³-hybridized carbons (Fsp3) is 0.111. The van der Waals surface area contributed by atoms with Crippen molar-refractivity contribution in [1.29, 1.82) is 0 Å². The van der Waals surface area contributed by atoms with Crippen LogP contribution in [0.1, 0.15) is 15.9 Å². The number of ether oxygens (including phenoxy) is 1. The third-order valence-corrected chi connectivity index (χ3v) is 3.58. The average Bonchev–Trinajstić information content (AvgIpc) is 3.05. The number of nitrogens with zero attached hydrogens (tertiary/aromatic N) is 2. The molecular formula is C18H16N2O2. The van der Waals surface area contributed by atoms with E-state index in [0.29, 0.717) is 5.56 Å². The SMILES string of the molecule is COC(=O)c1cc(-n2nccc2-c2ccccc2)ccc1C. The van der Waals surface area contributed by atoms with Crippen molar-refractivity contribution in [2.24, 2.45) is 0 Å². The van der Waals surface area contributed by atoms with Gasteiger partial charge in [0, 0.05) is 5.56 Å². The molecule has 22 heavy (non-hydrogen) atoms. The van der Waals surface area contributed by atoms with Crippen LogP contribution in [0.5, 0.6) is 0 Å². The van der Waals surface area contributed by atoms with Gasteiger partial charge in [-0.25, -0.2) is 9.48 Å². The zero-order valence-electron chi connectivity index (χ0n) is 12.5. The van der Waals surface area contributed by atoms with Crippen LogP contribution in [0, 0.1) is 6.92 Å².